The van der Waals surface area contributed by atoms with E-state index in [1.807, 2.05) is 66.7 Å². The second-order valence-electron chi connectivity index (χ2n) is 12.9. The third-order valence-electron chi connectivity index (χ3n) is 6.54. The molecular weight excluding hydrogens is 602 g/mol. The van der Waals surface area contributed by atoms with Crippen molar-refractivity contribution in [2.24, 2.45) is 4.99 Å². The number of rotatable bonds is 13. The van der Waals surface area contributed by atoms with Crippen LogP contribution in [-0.2, 0) is 37.3 Å². The van der Waals surface area contributed by atoms with E-state index in [1.165, 1.54) is 6.07 Å². The minimum absolute atomic E-state index is 0.141. The topological polar surface area (TPSA) is 58.5 Å². The molecule has 2 aromatic carbocycles. The van der Waals surface area contributed by atoms with Gasteiger partial charge in [-0.05, 0) is 109 Å². The van der Waals surface area contributed by atoms with E-state index in [0.29, 0.717) is 42.2 Å². The van der Waals surface area contributed by atoms with Gasteiger partial charge in [-0.25, -0.2) is 4.99 Å². The molecule has 11 heteroatoms. The van der Waals surface area contributed by atoms with Crippen LogP contribution in [0.25, 0.3) is 0 Å². The summed E-state index contributed by atoms with van der Waals surface area (Å²) in [6.07, 6.45) is -2.61. The van der Waals surface area contributed by atoms with Crippen LogP contribution in [0, 0.1) is 6.92 Å². The molecule has 6 nitrogen and oxygen atoms in total. The number of halogens is 4. The average molecular weight is 646 g/mol. The first-order chi connectivity index (χ1) is 19.9. The Balaban J connectivity index is 1.68. The van der Waals surface area contributed by atoms with Gasteiger partial charge in [0.1, 0.15) is 17.9 Å². The lowest BCUT2D eigenvalue weighted by Crippen LogP contribution is -2.35. The first kappa shape index (κ1) is 35.6. The van der Waals surface area contributed by atoms with Gasteiger partial charge in [0.2, 0.25) is 0 Å². The summed E-state index contributed by atoms with van der Waals surface area (Å²) in [5, 5.41) is 0.670. The molecule has 0 saturated carbocycles. The Morgan fingerprint density at radius 1 is 0.977 bits per heavy atom. The number of hydrogen-bond acceptors (Lipinski definition) is 6. The summed E-state index contributed by atoms with van der Waals surface area (Å²) < 4.78 is 71.7. The summed E-state index contributed by atoms with van der Waals surface area (Å²) in [4.78, 5) is 4.69. The number of ether oxygens (including phenoxy) is 2. The molecule has 1 aliphatic heterocycles. The zero-order chi connectivity index (χ0) is 32.1. The molecule has 0 aliphatic carbocycles. The van der Waals surface area contributed by atoms with Gasteiger partial charge in [0.15, 0.2) is 5.90 Å². The number of nitrogens with zero attached hydrogens (tertiary/aromatic N) is 1. The SMILES string of the molecule is CC1=NC(CCc2ccc(OCCCc3cccc(Cl)c3C)c(C(F)(F)F)c2)(COP(OC(C)(C)C)OC(C)(C)C)CO1. The average Bonchev–Trinajstić information content (AvgIpc) is 3.25. The Kier molecular flexibility index (Phi) is 12.0. The van der Waals surface area contributed by atoms with E-state index < -0.39 is 37.1 Å². The lowest BCUT2D eigenvalue weighted by atomic mass is 9.93. The van der Waals surface area contributed by atoms with Gasteiger partial charge < -0.3 is 23.0 Å². The molecule has 0 bridgehead atoms. The molecular formula is C32H44ClF3NO5P. The number of benzene rings is 2. The van der Waals surface area contributed by atoms with Crippen LogP contribution in [0.4, 0.5) is 13.2 Å². The quantitative estimate of drug-likeness (QED) is 0.160. The van der Waals surface area contributed by atoms with E-state index in [-0.39, 0.29) is 25.6 Å². The lowest BCUT2D eigenvalue weighted by molar-refractivity contribution is -0.139. The molecule has 1 unspecified atom stereocenters. The summed E-state index contributed by atoms with van der Waals surface area (Å²) >= 11 is 6.18. The van der Waals surface area contributed by atoms with Crippen LogP contribution >= 0.6 is 20.2 Å². The molecule has 0 radical (unpaired) electrons. The van der Waals surface area contributed by atoms with Crippen molar-refractivity contribution in [3.63, 3.8) is 0 Å². The van der Waals surface area contributed by atoms with Gasteiger partial charge in [0, 0.05) is 11.9 Å². The second-order valence-corrected chi connectivity index (χ2v) is 14.3. The molecule has 0 N–H and O–H groups in total. The molecule has 43 heavy (non-hydrogen) atoms. The molecule has 0 spiro atoms. The molecule has 1 atom stereocenters. The molecule has 2 aromatic rings. The van der Waals surface area contributed by atoms with E-state index in [4.69, 9.17) is 34.6 Å². The van der Waals surface area contributed by atoms with Crippen LogP contribution in [0.1, 0.15) is 83.6 Å². The lowest BCUT2D eigenvalue weighted by Gasteiger charge is -2.32. The number of aliphatic imine (C=N–C) groups is 1. The van der Waals surface area contributed by atoms with E-state index in [2.05, 4.69) is 4.99 Å². The van der Waals surface area contributed by atoms with E-state index >= 15 is 0 Å². The van der Waals surface area contributed by atoms with Crippen molar-refractivity contribution < 1.29 is 36.2 Å². The van der Waals surface area contributed by atoms with Gasteiger partial charge in [0.25, 0.3) is 0 Å². The van der Waals surface area contributed by atoms with Gasteiger partial charge in [-0.3, -0.25) is 0 Å². The van der Waals surface area contributed by atoms with Gasteiger partial charge >= 0.3 is 14.8 Å². The first-order valence-corrected chi connectivity index (χ1v) is 15.9. The summed E-state index contributed by atoms with van der Waals surface area (Å²) in [7, 11) is -1.71. The van der Waals surface area contributed by atoms with Gasteiger partial charge in [-0.15, -0.1) is 0 Å². The van der Waals surface area contributed by atoms with Crippen LogP contribution in [0.2, 0.25) is 5.02 Å². The fourth-order valence-corrected chi connectivity index (χ4v) is 6.00. The molecule has 0 amide bonds. The minimum Gasteiger partial charge on any atom is -0.493 e. The molecule has 0 saturated heterocycles. The van der Waals surface area contributed by atoms with E-state index in [0.717, 1.165) is 17.2 Å². The van der Waals surface area contributed by atoms with E-state index in [9.17, 15) is 13.2 Å². The second kappa shape index (κ2) is 14.5. The molecule has 0 fully saturated rings. The normalized spacial score (nSPS) is 17.7. The summed E-state index contributed by atoms with van der Waals surface area (Å²) in [5.74, 6) is 0.327. The third kappa shape index (κ3) is 11.5. The van der Waals surface area contributed by atoms with Crippen LogP contribution < -0.4 is 4.74 Å². The van der Waals surface area contributed by atoms with Crippen molar-refractivity contribution in [3.05, 3.63) is 63.7 Å². The van der Waals surface area contributed by atoms with Crippen LogP contribution in [-0.4, -0.2) is 42.5 Å². The Bertz CT molecular complexity index is 1240. The smallest absolute Gasteiger partial charge is 0.419 e. The zero-order valence-electron chi connectivity index (χ0n) is 26.4. The number of hydrogen-bond donors (Lipinski definition) is 0. The van der Waals surface area contributed by atoms with Crippen molar-refractivity contribution in [2.45, 2.75) is 104 Å². The highest BCUT2D eigenvalue weighted by atomic mass is 35.5. The fourth-order valence-electron chi connectivity index (χ4n) is 4.43. The predicted octanol–water partition coefficient (Wildman–Crippen LogP) is 9.67. The summed E-state index contributed by atoms with van der Waals surface area (Å²) in [6, 6.07) is 9.88. The van der Waals surface area contributed by atoms with E-state index in [1.54, 1.807) is 13.0 Å². The standard InChI is InChI=1S/C32H44ClF3NO5P/c1-22-25(11-9-13-27(22)33)12-10-18-38-28-15-14-24(19-26(28)32(34,35)36)16-17-31(20-39-23(2)37-31)21-40-43(41-29(3,4)5)42-30(6,7)8/h9,11,13-15,19H,10,12,16-18,20-21H2,1-8H3. The van der Waals surface area contributed by atoms with Gasteiger partial charge in [-0.1, -0.05) is 29.8 Å². The first-order valence-electron chi connectivity index (χ1n) is 14.4. The van der Waals surface area contributed by atoms with Crippen molar-refractivity contribution in [1.29, 1.82) is 0 Å². The monoisotopic (exact) mass is 645 g/mol. The van der Waals surface area contributed by atoms with Crippen LogP contribution in [0.3, 0.4) is 0 Å². The summed E-state index contributed by atoms with van der Waals surface area (Å²) in [6.45, 7) is 15.7. The Labute approximate surface area is 260 Å². The van der Waals surface area contributed by atoms with Gasteiger partial charge in [-0.2, -0.15) is 13.2 Å². The van der Waals surface area contributed by atoms with Crippen LogP contribution in [0.15, 0.2) is 41.4 Å². The van der Waals surface area contributed by atoms with Gasteiger partial charge in [0.05, 0.1) is 30.0 Å². The number of aryl methyl sites for hydroxylation is 2. The molecule has 3 rings (SSSR count). The Morgan fingerprint density at radius 3 is 2.23 bits per heavy atom. The van der Waals surface area contributed by atoms with Crippen molar-refractivity contribution in [1.82, 2.24) is 0 Å². The molecule has 240 valence electrons. The summed E-state index contributed by atoms with van der Waals surface area (Å²) in [5.41, 5.74) is -0.0243. The maximum atomic E-state index is 14.1. The largest absolute Gasteiger partial charge is 0.493 e. The maximum Gasteiger partial charge on any atom is 0.419 e. The predicted molar refractivity (Wildman–Crippen MR) is 166 cm³/mol. The van der Waals surface area contributed by atoms with Crippen molar-refractivity contribution in [3.8, 4) is 5.75 Å². The molecule has 1 heterocycles. The van der Waals surface area contributed by atoms with Crippen LogP contribution in [0.5, 0.6) is 5.75 Å². The maximum absolute atomic E-state index is 14.1. The van der Waals surface area contributed by atoms with Crippen molar-refractivity contribution >= 4 is 26.1 Å². The molecule has 0 aromatic heterocycles. The van der Waals surface area contributed by atoms with Crippen molar-refractivity contribution in [2.75, 3.05) is 19.8 Å². The fraction of sp³-hybridized carbons (Fsp3) is 0.594. The highest BCUT2D eigenvalue weighted by molar-refractivity contribution is 7.41. The Hall–Kier alpha value is -1.90. The zero-order valence-corrected chi connectivity index (χ0v) is 28.0. The number of alkyl halides is 3. The Morgan fingerprint density at radius 2 is 1.65 bits per heavy atom. The third-order valence-corrected chi connectivity index (χ3v) is 8.68. The molecule has 1 aliphatic rings. The minimum atomic E-state index is -4.56. The highest BCUT2D eigenvalue weighted by Gasteiger charge is 2.39. The highest BCUT2D eigenvalue weighted by Crippen LogP contribution is 2.48.